The summed E-state index contributed by atoms with van der Waals surface area (Å²) in [7, 11) is 0. The zero-order chi connectivity index (χ0) is 30.0. The van der Waals surface area contributed by atoms with Crippen molar-refractivity contribution in [2.45, 2.75) is 59.4 Å². The predicted molar refractivity (Wildman–Crippen MR) is 163 cm³/mol. The van der Waals surface area contributed by atoms with Crippen molar-refractivity contribution in [3.05, 3.63) is 113 Å². The van der Waals surface area contributed by atoms with Crippen molar-refractivity contribution in [1.29, 1.82) is 0 Å². The molecule has 0 spiro atoms. The van der Waals surface area contributed by atoms with Gasteiger partial charge in [0.25, 0.3) is 0 Å². The molecule has 1 aliphatic heterocycles. The molecule has 3 aromatic rings. The van der Waals surface area contributed by atoms with E-state index in [1.165, 1.54) is 0 Å². The summed E-state index contributed by atoms with van der Waals surface area (Å²) >= 11 is 0. The zero-order valence-electron chi connectivity index (χ0n) is 25.1. The fourth-order valence-electron chi connectivity index (χ4n) is 5.33. The van der Waals surface area contributed by atoms with Gasteiger partial charge < -0.3 is 18.9 Å². The molecule has 0 aromatic heterocycles. The monoisotopic (exact) mass is 570 g/mol. The molecule has 1 heterocycles. The number of cyclic esters (lactones) is 1. The SMILES string of the molecule is CC(C)C(C/C=C1/CC(COCc2ccccc2)(COC(=O)c2cccc(OCc3ccccc3)c2)OC1=O)C(C)C. The van der Waals surface area contributed by atoms with Gasteiger partial charge in [-0.25, -0.2) is 9.59 Å². The molecule has 1 atom stereocenters. The minimum absolute atomic E-state index is 0.107. The lowest BCUT2D eigenvalue weighted by atomic mass is 9.82. The van der Waals surface area contributed by atoms with Gasteiger partial charge >= 0.3 is 11.9 Å². The molecule has 0 saturated carbocycles. The second-order valence-corrected chi connectivity index (χ2v) is 11.7. The van der Waals surface area contributed by atoms with Gasteiger partial charge in [-0.05, 0) is 53.5 Å². The first-order valence-electron chi connectivity index (χ1n) is 14.7. The summed E-state index contributed by atoms with van der Waals surface area (Å²) in [6, 6.07) is 26.5. The molecule has 0 N–H and O–H groups in total. The van der Waals surface area contributed by atoms with Crippen molar-refractivity contribution in [3.63, 3.8) is 0 Å². The first kappa shape index (κ1) is 31.0. The van der Waals surface area contributed by atoms with Crippen LogP contribution in [0.5, 0.6) is 5.75 Å². The van der Waals surface area contributed by atoms with Gasteiger partial charge in [-0.1, -0.05) is 101 Å². The van der Waals surface area contributed by atoms with E-state index in [1.54, 1.807) is 24.3 Å². The molecule has 1 saturated heterocycles. The van der Waals surface area contributed by atoms with Gasteiger partial charge in [0, 0.05) is 12.0 Å². The third-order valence-electron chi connectivity index (χ3n) is 7.69. The maximum absolute atomic E-state index is 13.1. The fraction of sp³-hybridized carbons (Fsp3) is 0.389. The summed E-state index contributed by atoms with van der Waals surface area (Å²) in [5, 5.41) is 0. The van der Waals surface area contributed by atoms with Crippen LogP contribution in [0.1, 0.15) is 62.0 Å². The molecule has 1 fully saturated rings. The quantitative estimate of drug-likeness (QED) is 0.147. The summed E-state index contributed by atoms with van der Waals surface area (Å²) in [4.78, 5) is 26.1. The predicted octanol–water partition coefficient (Wildman–Crippen LogP) is 7.57. The van der Waals surface area contributed by atoms with Crippen molar-refractivity contribution in [1.82, 2.24) is 0 Å². The largest absolute Gasteiger partial charge is 0.489 e. The van der Waals surface area contributed by atoms with E-state index in [-0.39, 0.29) is 19.2 Å². The Hall–Kier alpha value is -3.90. The molecule has 0 amide bonds. The van der Waals surface area contributed by atoms with Crippen LogP contribution in [0.2, 0.25) is 0 Å². The Morgan fingerprint density at radius 2 is 1.50 bits per heavy atom. The standard InChI is InChI=1S/C36H42O6/c1-26(2)33(27(3)4)19-18-31-21-36(42-35(31)38,24-39-22-28-12-7-5-8-13-28)25-41-34(37)30-16-11-17-32(20-30)40-23-29-14-9-6-10-15-29/h5-18,20,26-27,33H,19,21-25H2,1-4H3/b31-18-. The molecule has 42 heavy (non-hydrogen) atoms. The molecular formula is C36H42O6. The van der Waals surface area contributed by atoms with Crippen molar-refractivity contribution in [2.75, 3.05) is 13.2 Å². The van der Waals surface area contributed by atoms with Crippen molar-refractivity contribution >= 4 is 11.9 Å². The van der Waals surface area contributed by atoms with E-state index in [0.717, 1.165) is 17.5 Å². The molecule has 0 bridgehead atoms. The lowest BCUT2D eigenvalue weighted by Gasteiger charge is -2.26. The molecule has 1 unspecified atom stereocenters. The Kier molecular flexibility index (Phi) is 11.0. The second kappa shape index (κ2) is 14.8. The molecule has 6 nitrogen and oxygen atoms in total. The van der Waals surface area contributed by atoms with Crippen LogP contribution in [-0.4, -0.2) is 30.8 Å². The topological polar surface area (TPSA) is 71.1 Å². The van der Waals surface area contributed by atoms with E-state index >= 15 is 0 Å². The fourth-order valence-corrected chi connectivity index (χ4v) is 5.33. The van der Waals surface area contributed by atoms with Gasteiger partial charge in [-0.2, -0.15) is 0 Å². The van der Waals surface area contributed by atoms with Crippen LogP contribution in [0.25, 0.3) is 0 Å². The first-order chi connectivity index (χ1) is 20.2. The van der Waals surface area contributed by atoms with Crippen LogP contribution in [-0.2, 0) is 32.2 Å². The lowest BCUT2D eigenvalue weighted by Crippen LogP contribution is -2.40. The van der Waals surface area contributed by atoms with Gasteiger partial charge in [0.15, 0.2) is 5.60 Å². The van der Waals surface area contributed by atoms with E-state index in [9.17, 15) is 9.59 Å². The highest BCUT2D eigenvalue weighted by Gasteiger charge is 2.45. The Morgan fingerprint density at radius 1 is 0.857 bits per heavy atom. The molecular weight excluding hydrogens is 528 g/mol. The highest BCUT2D eigenvalue weighted by molar-refractivity contribution is 5.92. The molecule has 6 heteroatoms. The number of carbonyl (C=O) groups excluding carboxylic acids is 2. The van der Waals surface area contributed by atoms with Crippen LogP contribution < -0.4 is 4.74 Å². The summed E-state index contributed by atoms with van der Waals surface area (Å²) in [5.74, 6) is 1.10. The van der Waals surface area contributed by atoms with Gasteiger partial charge in [-0.3, -0.25) is 0 Å². The second-order valence-electron chi connectivity index (χ2n) is 11.7. The Bertz CT molecular complexity index is 1320. The average molecular weight is 571 g/mol. The van der Waals surface area contributed by atoms with Crippen LogP contribution in [0.4, 0.5) is 0 Å². The Morgan fingerprint density at radius 3 is 2.14 bits per heavy atom. The number of allylic oxidation sites excluding steroid dienone is 1. The van der Waals surface area contributed by atoms with Gasteiger partial charge in [0.2, 0.25) is 0 Å². The summed E-state index contributed by atoms with van der Waals surface area (Å²) in [6.07, 6.45) is 3.11. The van der Waals surface area contributed by atoms with E-state index < -0.39 is 11.6 Å². The smallest absolute Gasteiger partial charge is 0.338 e. The van der Waals surface area contributed by atoms with Crippen LogP contribution in [0, 0.1) is 17.8 Å². The Labute approximate surface area is 249 Å². The maximum atomic E-state index is 13.1. The van der Waals surface area contributed by atoms with Crippen LogP contribution in [0.3, 0.4) is 0 Å². The maximum Gasteiger partial charge on any atom is 0.338 e. The van der Waals surface area contributed by atoms with Crippen LogP contribution in [0.15, 0.2) is 96.6 Å². The summed E-state index contributed by atoms with van der Waals surface area (Å²) in [5.41, 5.74) is 1.91. The van der Waals surface area contributed by atoms with Crippen LogP contribution >= 0.6 is 0 Å². The van der Waals surface area contributed by atoms with Crippen molar-refractivity contribution < 1.29 is 28.5 Å². The number of hydrogen-bond acceptors (Lipinski definition) is 6. The first-order valence-corrected chi connectivity index (χ1v) is 14.7. The van der Waals surface area contributed by atoms with E-state index in [1.807, 2.05) is 66.7 Å². The highest BCUT2D eigenvalue weighted by Crippen LogP contribution is 2.34. The molecule has 3 aromatic carbocycles. The number of carbonyl (C=O) groups is 2. The number of hydrogen-bond donors (Lipinski definition) is 0. The third kappa shape index (κ3) is 8.80. The van der Waals surface area contributed by atoms with Crippen molar-refractivity contribution in [3.8, 4) is 5.75 Å². The van der Waals surface area contributed by atoms with E-state index in [2.05, 4.69) is 27.7 Å². The minimum atomic E-state index is -1.10. The highest BCUT2D eigenvalue weighted by atomic mass is 16.6. The van der Waals surface area contributed by atoms with Gasteiger partial charge in [0.05, 0.1) is 18.8 Å². The third-order valence-corrected chi connectivity index (χ3v) is 7.69. The normalized spacial score (nSPS) is 17.7. The molecule has 0 aliphatic carbocycles. The molecule has 1 aliphatic rings. The van der Waals surface area contributed by atoms with E-state index in [0.29, 0.717) is 54.3 Å². The summed E-state index contributed by atoms with van der Waals surface area (Å²) in [6.45, 7) is 9.57. The Balaban J connectivity index is 1.44. The number of rotatable bonds is 14. The number of esters is 2. The van der Waals surface area contributed by atoms with E-state index in [4.69, 9.17) is 18.9 Å². The lowest BCUT2D eigenvalue weighted by molar-refractivity contribution is -0.157. The number of ether oxygens (including phenoxy) is 4. The van der Waals surface area contributed by atoms with Crippen molar-refractivity contribution in [2.24, 2.45) is 17.8 Å². The minimum Gasteiger partial charge on any atom is -0.489 e. The van der Waals surface area contributed by atoms with Gasteiger partial charge in [-0.15, -0.1) is 0 Å². The zero-order valence-corrected chi connectivity index (χ0v) is 25.1. The molecule has 4 rings (SSSR count). The molecule has 222 valence electrons. The number of benzene rings is 3. The summed E-state index contributed by atoms with van der Waals surface area (Å²) < 4.78 is 23.6. The molecule has 0 radical (unpaired) electrons. The van der Waals surface area contributed by atoms with Gasteiger partial charge in [0.1, 0.15) is 19.0 Å². The average Bonchev–Trinajstić information content (AvgIpc) is 3.30.